The van der Waals surface area contributed by atoms with Gasteiger partial charge in [0, 0.05) is 4.47 Å². The van der Waals surface area contributed by atoms with Gasteiger partial charge in [0.15, 0.2) is 0 Å². The maximum atomic E-state index is 13.5. The van der Waals surface area contributed by atoms with E-state index in [1.807, 2.05) is 39.0 Å². The van der Waals surface area contributed by atoms with Gasteiger partial charge in [-0.25, -0.2) is 8.42 Å². The second-order valence-corrected chi connectivity index (χ2v) is 10.8. The lowest BCUT2D eigenvalue weighted by Crippen LogP contribution is -2.42. The molecule has 3 rings (SSSR count). The maximum absolute atomic E-state index is 13.5. The van der Waals surface area contributed by atoms with Crippen LogP contribution >= 0.6 is 15.9 Å². The molecule has 0 saturated carbocycles. The van der Waals surface area contributed by atoms with Crippen LogP contribution in [-0.4, -0.2) is 28.0 Å². The number of carbonyl (C=O) groups is 1. The summed E-state index contributed by atoms with van der Waals surface area (Å²) in [6.45, 7) is 5.46. The summed E-state index contributed by atoms with van der Waals surface area (Å²) in [5.74, 6) is 0.384. The first-order valence-corrected chi connectivity index (χ1v) is 13.2. The Bertz CT molecular complexity index is 1240. The number of hydrogen-bond donors (Lipinski definition) is 1. The van der Waals surface area contributed by atoms with Crippen LogP contribution < -0.4 is 14.4 Å². The highest BCUT2D eigenvalue weighted by Gasteiger charge is 2.28. The highest BCUT2D eigenvalue weighted by atomic mass is 79.9. The van der Waals surface area contributed by atoms with E-state index in [0.717, 1.165) is 31.2 Å². The molecule has 0 saturated heterocycles. The van der Waals surface area contributed by atoms with E-state index in [1.165, 1.54) is 0 Å². The Kier molecular flexibility index (Phi) is 8.38. The van der Waals surface area contributed by atoms with Gasteiger partial charge in [0.2, 0.25) is 5.91 Å². The molecule has 0 spiro atoms. The Hall–Kier alpha value is -2.84. The number of rotatable bonds is 9. The third kappa shape index (κ3) is 5.98. The number of benzene rings is 3. The standard InChI is InChI=1S/C26H29BrN2O4S/c1-5-24(20-8-15-25(33-4)19(3)16-20)28-26(30)17-29(22-11-9-21(27)10-12-22)34(31,32)23-13-6-18(2)7-14-23/h6-16,24H,5,17H2,1-4H3,(H,28,30)/t24-/m0/s1. The first-order valence-electron chi connectivity index (χ1n) is 10.9. The van der Waals surface area contributed by atoms with Crippen molar-refractivity contribution in [1.29, 1.82) is 0 Å². The molecular weight excluding hydrogens is 516 g/mol. The molecule has 0 fully saturated rings. The molecule has 0 aliphatic rings. The number of amides is 1. The summed E-state index contributed by atoms with van der Waals surface area (Å²) in [6.07, 6.45) is 0.653. The molecule has 0 radical (unpaired) electrons. The van der Waals surface area contributed by atoms with E-state index in [2.05, 4.69) is 21.2 Å². The first-order chi connectivity index (χ1) is 16.1. The van der Waals surface area contributed by atoms with E-state index in [1.54, 1.807) is 55.6 Å². The Morgan fingerprint density at radius 1 is 1.03 bits per heavy atom. The van der Waals surface area contributed by atoms with Gasteiger partial charge in [0.1, 0.15) is 12.3 Å². The van der Waals surface area contributed by atoms with E-state index >= 15 is 0 Å². The number of methoxy groups -OCH3 is 1. The van der Waals surface area contributed by atoms with Crippen molar-refractivity contribution in [2.45, 2.75) is 38.1 Å². The largest absolute Gasteiger partial charge is 0.496 e. The third-order valence-electron chi connectivity index (χ3n) is 5.58. The van der Waals surface area contributed by atoms with Crippen molar-refractivity contribution in [3.05, 3.63) is 87.9 Å². The van der Waals surface area contributed by atoms with Gasteiger partial charge in [0.25, 0.3) is 10.0 Å². The van der Waals surface area contributed by atoms with Crippen molar-refractivity contribution in [2.75, 3.05) is 18.0 Å². The average Bonchev–Trinajstić information content (AvgIpc) is 2.82. The topological polar surface area (TPSA) is 75.7 Å². The lowest BCUT2D eigenvalue weighted by molar-refractivity contribution is -0.120. The molecule has 1 amide bonds. The van der Waals surface area contributed by atoms with Crippen molar-refractivity contribution in [2.24, 2.45) is 0 Å². The number of aryl methyl sites for hydroxylation is 2. The van der Waals surface area contributed by atoms with E-state index in [0.29, 0.717) is 12.1 Å². The zero-order valence-corrected chi connectivity index (χ0v) is 22.1. The van der Waals surface area contributed by atoms with Gasteiger partial charge in [-0.3, -0.25) is 9.10 Å². The highest BCUT2D eigenvalue weighted by molar-refractivity contribution is 9.10. The highest BCUT2D eigenvalue weighted by Crippen LogP contribution is 2.27. The van der Waals surface area contributed by atoms with Crippen LogP contribution in [0, 0.1) is 13.8 Å². The molecule has 6 nitrogen and oxygen atoms in total. The molecule has 0 aromatic heterocycles. The van der Waals surface area contributed by atoms with Crippen LogP contribution in [0.3, 0.4) is 0 Å². The van der Waals surface area contributed by atoms with Gasteiger partial charge in [-0.2, -0.15) is 0 Å². The van der Waals surface area contributed by atoms with Crippen molar-refractivity contribution in [3.8, 4) is 5.75 Å². The molecule has 0 aliphatic heterocycles. The van der Waals surface area contributed by atoms with Gasteiger partial charge in [-0.1, -0.05) is 52.7 Å². The number of ether oxygens (including phenoxy) is 1. The molecule has 180 valence electrons. The molecule has 1 atom stereocenters. The van der Waals surface area contributed by atoms with Crippen LogP contribution in [0.4, 0.5) is 5.69 Å². The van der Waals surface area contributed by atoms with Gasteiger partial charge in [0.05, 0.1) is 23.7 Å². The molecule has 3 aromatic carbocycles. The molecule has 0 heterocycles. The van der Waals surface area contributed by atoms with Crippen LogP contribution in [0.1, 0.15) is 36.1 Å². The maximum Gasteiger partial charge on any atom is 0.264 e. The Morgan fingerprint density at radius 3 is 2.24 bits per heavy atom. The monoisotopic (exact) mass is 544 g/mol. The fraction of sp³-hybridized carbons (Fsp3) is 0.269. The van der Waals surface area contributed by atoms with Gasteiger partial charge < -0.3 is 10.1 Å². The summed E-state index contributed by atoms with van der Waals surface area (Å²) in [5, 5.41) is 3.00. The predicted octanol–water partition coefficient (Wildman–Crippen LogP) is 5.54. The summed E-state index contributed by atoms with van der Waals surface area (Å²) in [5.41, 5.74) is 3.26. The summed E-state index contributed by atoms with van der Waals surface area (Å²) >= 11 is 3.38. The van der Waals surface area contributed by atoms with Crippen molar-refractivity contribution in [3.63, 3.8) is 0 Å². The normalized spacial score (nSPS) is 12.1. The van der Waals surface area contributed by atoms with Gasteiger partial charge >= 0.3 is 0 Å². The van der Waals surface area contributed by atoms with E-state index < -0.39 is 10.0 Å². The Morgan fingerprint density at radius 2 is 1.68 bits per heavy atom. The number of halogens is 1. The molecule has 0 aliphatic carbocycles. The predicted molar refractivity (Wildman–Crippen MR) is 139 cm³/mol. The van der Waals surface area contributed by atoms with Gasteiger partial charge in [-0.15, -0.1) is 0 Å². The summed E-state index contributed by atoms with van der Waals surface area (Å²) in [4.78, 5) is 13.3. The fourth-order valence-electron chi connectivity index (χ4n) is 3.67. The summed E-state index contributed by atoms with van der Waals surface area (Å²) in [6, 6.07) is 18.9. The molecule has 3 aromatic rings. The molecule has 8 heteroatoms. The Balaban J connectivity index is 1.89. The second kappa shape index (κ2) is 11.1. The number of anilines is 1. The fourth-order valence-corrected chi connectivity index (χ4v) is 5.36. The minimum Gasteiger partial charge on any atom is -0.496 e. The Labute approximate surface area is 210 Å². The smallest absolute Gasteiger partial charge is 0.264 e. The van der Waals surface area contributed by atoms with Crippen molar-refractivity contribution < 1.29 is 17.9 Å². The zero-order chi connectivity index (χ0) is 24.9. The van der Waals surface area contributed by atoms with E-state index in [-0.39, 0.29) is 23.4 Å². The van der Waals surface area contributed by atoms with E-state index in [4.69, 9.17) is 4.74 Å². The van der Waals surface area contributed by atoms with Crippen LogP contribution in [-0.2, 0) is 14.8 Å². The molecular formula is C26H29BrN2O4S. The third-order valence-corrected chi connectivity index (χ3v) is 7.89. The zero-order valence-electron chi connectivity index (χ0n) is 19.7. The number of hydrogen-bond acceptors (Lipinski definition) is 4. The lowest BCUT2D eigenvalue weighted by Gasteiger charge is -2.26. The summed E-state index contributed by atoms with van der Waals surface area (Å²) in [7, 11) is -2.34. The van der Waals surface area contributed by atoms with Crippen LogP contribution in [0.25, 0.3) is 0 Å². The number of sulfonamides is 1. The summed E-state index contributed by atoms with van der Waals surface area (Å²) < 4.78 is 34.3. The van der Waals surface area contributed by atoms with Crippen LogP contribution in [0.2, 0.25) is 0 Å². The number of nitrogens with one attached hydrogen (secondary N) is 1. The van der Waals surface area contributed by atoms with Crippen LogP contribution in [0.5, 0.6) is 5.75 Å². The minimum absolute atomic E-state index is 0.131. The first kappa shape index (κ1) is 25.8. The SMILES string of the molecule is CC[C@H](NC(=O)CN(c1ccc(Br)cc1)S(=O)(=O)c1ccc(C)cc1)c1ccc(OC)c(C)c1. The second-order valence-electron chi connectivity index (χ2n) is 8.06. The molecule has 1 N–H and O–H groups in total. The molecule has 0 unspecified atom stereocenters. The number of carbonyl (C=O) groups excluding carboxylic acids is 1. The van der Waals surface area contributed by atoms with Crippen molar-refractivity contribution >= 4 is 37.5 Å². The average molecular weight is 545 g/mol. The quantitative estimate of drug-likeness (QED) is 0.383. The van der Waals surface area contributed by atoms with Crippen LogP contribution in [0.15, 0.2) is 76.1 Å². The number of nitrogens with zero attached hydrogens (tertiary/aromatic N) is 1. The van der Waals surface area contributed by atoms with E-state index in [9.17, 15) is 13.2 Å². The van der Waals surface area contributed by atoms with Crippen molar-refractivity contribution in [1.82, 2.24) is 5.32 Å². The molecule has 34 heavy (non-hydrogen) atoms. The van der Waals surface area contributed by atoms with Gasteiger partial charge in [-0.05, 0) is 73.9 Å². The minimum atomic E-state index is -3.96. The lowest BCUT2D eigenvalue weighted by atomic mass is 10.0. The molecule has 0 bridgehead atoms.